The minimum absolute atomic E-state index is 0.0770. The number of fused-ring (bicyclic) bond motifs is 1. The fraction of sp³-hybridized carbons (Fsp3) is 0.200. The van der Waals surface area contributed by atoms with Gasteiger partial charge in [-0.25, -0.2) is 8.78 Å². The Hall–Kier alpha value is -1.28. The SMILES string of the molecule is N#Cc1cc2c(c(F)c1Br)C(=O)C(F)C2. The fourth-order valence-electron chi connectivity index (χ4n) is 1.63. The van der Waals surface area contributed by atoms with Crippen molar-refractivity contribution in [3.63, 3.8) is 0 Å². The summed E-state index contributed by atoms with van der Waals surface area (Å²) in [6.45, 7) is 0. The van der Waals surface area contributed by atoms with Crippen LogP contribution in [0.2, 0.25) is 0 Å². The van der Waals surface area contributed by atoms with E-state index in [-0.39, 0.29) is 27.6 Å². The number of hydrogen-bond donors (Lipinski definition) is 0. The van der Waals surface area contributed by atoms with Crippen molar-refractivity contribution in [2.45, 2.75) is 12.6 Å². The van der Waals surface area contributed by atoms with Crippen LogP contribution in [0.15, 0.2) is 10.5 Å². The van der Waals surface area contributed by atoms with Gasteiger partial charge in [0.05, 0.1) is 15.6 Å². The van der Waals surface area contributed by atoms with Crippen LogP contribution in [0.4, 0.5) is 8.78 Å². The highest BCUT2D eigenvalue weighted by Crippen LogP contribution is 2.33. The molecule has 15 heavy (non-hydrogen) atoms. The van der Waals surface area contributed by atoms with Gasteiger partial charge in [-0.3, -0.25) is 4.79 Å². The third kappa shape index (κ3) is 1.37. The second kappa shape index (κ2) is 3.38. The number of benzene rings is 1. The number of halogens is 3. The fourth-order valence-corrected chi connectivity index (χ4v) is 2.03. The van der Waals surface area contributed by atoms with Crippen LogP contribution in [0.5, 0.6) is 0 Å². The average molecular weight is 272 g/mol. The summed E-state index contributed by atoms with van der Waals surface area (Å²) >= 11 is 2.87. The summed E-state index contributed by atoms with van der Waals surface area (Å²) < 4.78 is 26.6. The average Bonchev–Trinajstić information content (AvgIpc) is 2.49. The van der Waals surface area contributed by atoms with E-state index in [1.165, 1.54) is 6.07 Å². The van der Waals surface area contributed by atoms with Crippen molar-refractivity contribution in [2.75, 3.05) is 0 Å². The van der Waals surface area contributed by atoms with Crippen molar-refractivity contribution in [2.24, 2.45) is 0 Å². The zero-order chi connectivity index (χ0) is 11.2. The number of carbonyl (C=O) groups is 1. The molecule has 0 saturated carbocycles. The molecule has 0 fully saturated rings. The lowest BCUT2D eigenvalue weighted by molar-refractivity contribution is 0.0895. The second-order valence-corrected chi connectivity index (χ2v) is 4.03. The number of rotatable bonds is 0. The highest BCUT2D eigenvalue weighted by Gasteiger charge is 2.35. The standard InChI is InChI=1S/C10H4BrF2NO/c11-8-5(3-14)1-4-2-6(12)10(15)7(4)9(8)13/h1,6H,2H2. The van der Waals surface area contributed by atoms with Gasteiger partial charge in [-0.05, 0) is 27.6 Å². The number of nitriles is 1. The van der Waals surface area contributed by atoms with Crippen molar-refractivity contribution in [3.8, 4) is 6.07 Å². The normalized spacial score (nSPS) is 18.8. The molecule has 0 spiro atoms. The van der Waals surface area contributed by atoms with Crippen LogP contribution < -0.4 is 0 Å². The molecule has 0 saturated heterocycles. The van der Waals surface area contributed by atoms with E-state index < -0.39 is 17.8 Å². The van der Waals surface area contributed by atoms with Crippen LogP contribution in [0.1, 0.15) is 21.5 Å². The summed E-state index contributed by atoms with van der Waals surface area (Å²) in [6, 6.07) is 3.12. The van der Waals surface area contributed by atoms with Crippen molar-refractivity contribution >= 4 is 21.7 Å². The number of hydrogen-bond acceptors (Lipinski definition) is 2. The third-order valence-electron chi connectivity index (χ3n) is 2.34. The molecule has 1 unspecified atom stereocenters. The molecule has 0 aliphatic heterocycles. The molecule has 2 rings (SSSR count). The first kappa shape index (κ1) is 10.2. The Bertz CT molecular complexity index is 507. The predicted octanol–water partition coefficient (Wildman–Crippen LogP) is 2.54. The van der Waals surface area contributed by atoms with Gasteiger partial charge in [-0.2, -0.15) is 5.26 Å². The summed E-state index contributed by atoms with van der Waals surface area (Å²) in [5.41, 5.74) is 0.117. The van der Waals surface area contributed by atoms with E-state index >= 15 is 0 Å². The van der Waals surface area contributed by atoms with Gasteiger partial charge >= 0.3 is 0 Å². The largest absolute Gasteiger partial charge is 0.291 e. The number of carbonyl (C=O) groups excluding carboxylic acids is 1. The number of ketones is 1. The highest BCUT2D eigenvalue weighted by atomic mass is 79.9. The van der Waals surface area contributed by atoms with Gasteiger partial charge in [0.25, 0.3) is 0 Å². The van der Waals surface area contributed by atoms with E-state index in [9.17, 15) is 13.6 Å². The third-order valence-corrected chi connectivity index (χ3v) is 3.11. The van der Waals surface area contributed by atoms with E-state index in [1.54, 1.807) is 6.07 Å². The summed E-state index contributed by atoms with van der Waals surface area (Å²) in [7, 11) is 0. The molecule has 1 aromatic carbocycles. The molecular weight excluding hydrogens is 268 g/mol. The molecule has 1 atom stereocenters. The van der Waals surface area contributed by atoms with Gasteiger partial charge in [0, 0.05) is 6.42 Å². The van der Waals surface area contributed by atoms with Crippen molar-refractivity contribution in [3.05, 3.63) is 33.0 Å². The zero-order valence-corrected chi connectivity index (χ0v) is 8.94. The van der Waals surface area contributed by atoms with Crippen molar-refractivity contribution in [1.29, 1.82) is 5.26 Å². The highest BCUT2D eigenvalue weighted by molar-refractivity contribution is 9.10. The van der Waals surface area contributed by atoms with Crippen LogP contribution >= 0.6 is 15.9 Å². The first-order valence-corrected chi connectivity index (χ1v) is 4.94. The summed E-state index contributed by atoms with van der Waals surface area (Å²) in [5, 5.41) is 8.68. The molecule has 0 amide bonds. The van der Waals surface area contributed by atoms with Gasteiger partial charge in [0.15, 0.2) is 12.0 Å². The maximum absolute atomic E-state index is 13.6. The van der Waals surface area contributed by atoms with Crippen molar-refractivity contribution in [1.82, 2.24) is 0 Å². The quantitative estimate of drug-likeness (QED) is 0.728. The Morgan fingerprint density at radius 3 is 2.87 bits per heavy atom. The molecular formula is C10H4BrF2NO. The molecule has 0 N–H and O–H groups in total. The monoisotopic (exact) mass is 271 g/mol. The molecule has 5 heteroatoms. The smallest absolute Gasteiger partial charge is 0.200 e. The van der Waals surface area contributed by atoms with Crippen LogP contribution in [0, 0.1) is 17.1 Å². The van der Waals surface area contributed by atoms with Gasteiger partial charge in [0.1, 0.15) is 11.9 Å². The first-order valence-electron chi connectivity index (χ1n) is 4.15. The van der Waals surface area contributed by atoms with Gasteiger partial charge in [0.2, 0.25) is 0 Å². The predicted molar refractivity (Wildman–Crippen MR) is 51.7 cm³/mol. The number of Topliss-reactive ketones (excluding diaryl/α,β-unsaturated/α-hetero) is 1. The summed E-state index contributed by atoms with van der Waals surface area (Å²) in [5.74, 6) is -1.68. The molecule has 0 heterocycles. The lowest BCUT2D eigenvalue weighted by atomic mass is 10.1. The van der Waals surface area contributed by atoms with Crippen LogP contribution in [-0.4, -0.2) is 12.0 Å². The maximum Gasteiger partial charge on any atom is 0.200 e. The Labute approximate surface area is 92.6 Å². The Morgan fingerprint density at radius 2 is 2.27 bits per heavy atom. The minimum atomic E-state index is -1.68. The molecule has 76 valence electrons. The zero-order valence-electron chi connectivity index (χ0n) is 7.35. The van der Waals surface area contributed by atoms with Crippen LogP contribution in [-0.2, 0) is 6.42 Å². The van der Waals surface area contributed by atoms with E-state index in [0.29, 0.717) is 0 Å². The number of alkyl halides is 1. The summed E-state index contributed by atoms with van der Waals surface area (Å²) in [4.78, 5) is 11.3. The Kier molecular flexibility index (Phi) is 2.31. The molecule has 1 aliphatic carbocycles. The maximum atomic E-state index is 13.6. The summed E-state index contributed by atoms with van der Waals surface area (Å²) in [6.07, 6.45) is -1.83. The van der Waals surface area contributed by atoms with Gasteiger partial charge in [-0.1, -0.05) is 0 Å². The molecule has 0 bridgehead atoms. The topological polar surface area (TPSA) is 40.9 Å². The minimum Gasteiger partial charge on any atom is -0.291 e. The molecule has 2 nitrogen and oxygen atoms in total. The molecule has 0 radical (unpaired) electrons. The lowest BCUT2D eigenvalue weighted by Gasteiger charge is -2.03. The van der Waals surface area contributed by atoms with Gasteiger partial charge < -0.3 is 0 Å². The molecule has 0 aromatic heterocycles. The number of nitrogens with zero attached hydrogens (tertiary/aromatic N) is 1. The lowest BCUT2D eigenvalue weighted by Crippen LogP contribution is -2.09. The van der Waals surface area contributed by atoms with Gasteiger partial charge in [-0.15, -0.1) is 0 Å². The Balaban J connectivity index is 2.73. The van der Waals surface area contributed by atoms with Crippen LogP contribution in [0.25, 0.3) is 0 Å². The Morgan fingerprint density at radius 1 is 1.60 bits per heavy atom. The van der Waals surface area contributed by atoms with E-state index in [2.05, 4.69) is 15.9 Å². The first-order chi connectivity index (χ1) is 7.06. The van der Waals surface area contributed by atoms with Crippen LogP contribution in [0.3, 0.4) is 0 Å². The van der Waals surface area contributed by atoms with E-state index in [4.69, 9.17) is 5.26 Å². The van der Waals surface area contributed by atoms with E-state index in [1.807, 2.05) is 0 Å². The van der Waals surface area contributed by atoms with Crippen molar-refractivity contribution < 1.29 is 13.6 Å². The second-order valence-electron chi connectivity index (χ2n) is 3.23. The van der Waals surface area contributed by atoms with E-state index in [0.717, 1.165) is 0 Å². The molecule has 1 aromatic rings. The molecule has 1 aliphatic rings.